The molecule has 0 heterocycles. The van der Waals surface area contributed by atoms with Crippen LogP contribution in [-0.2, 0) is 6.54 Å². The van der Waals surface area contributed by atoms with E-state index in [0.717, 1.165) is 5.56 Å². The molecule has 0 bridgehead atoms. The quantitative estimate of drug-likeness (QED) is 0.872. The average Bonchev–Trinajstić information content (AvgIpc) is 2.38. The molecule has 2 aromatic carbocycles. The molecule has 2 aromatic rings. The minimum atomic E-state index is -0.327. The van der Waals surface area contributed by atoms with Crippen molar-refractivity contribution < 1.29 is 8.78 Å². The van der Waals surface area contributed by atoms with Crippen LogP contribution >= 0.6 is 11.6 Å². The zero-order valence-electron chi connectivity index (χ0n) is 10.5. The molecule has 19 heavy (non-hydrogen) atoms. The van der Waals surface area contributed by atoms with Gasteiger partial charge in [-0.25, -0.2) is 8.78 Å². The first-order valence-corrected chi connectivity index (χ1v) is 6.37. The predicted molar refractivity (Wildman–Crippen MR) is 73.1 cm³/mol. The van der Waals surface area contributed by atoms with Crippen molar-refractivity contribution in [2.75, 3.05) is 0 Å². The standard InChI is InChI=1S/C15H14ClF2N/c1-10(11-3-6-14(17)7-4-11)19-9-12-2-5-13(16)8-15(12)18/h2-8,10,19H,9H2,1H3/t10-/m0/s1. The highest BCUT2D eigenvalue weighted by Gasteiger charge is 2.07. The zero-order valence-corrected chi connectivity index (χ0v) is 11.2. The van der Waals surface area contributed by atoms with Crippen LogP contribution in [-0.4, -0.2) is 0 Å². The van der Waals surface area contributed by atoms with Crippen molar-refractivity contribution in [2.24, 2.45) is 0 Å². The van der Waals surface area contributed by atoms with Crippen molar-refractivity contribution in [1.82, 2.24) is 5.32 Å². The fourth-order valence-corrected chi connectivity index (χ4v) is 1.96. The summed E-state index contributed by atoms with van der Waals surface area (Å²) in [5, 5.41) is 3.57. The maximum absolute atomic E-state index is 13.6. The average molecular weight is 282 g/mol. The van der Waals surface area contributed by atoms with Gasteiger partial charge in [-0.15, -0.1) is 0 Å². The molecule has 1 atom stereocenters. The summed E-state index contributed by atoms with van der Waals surface area (Å²) < 4.78 is 26.4. The molecule has 0 aliphatic rings. The van der Waals surface area contributed by atoms with Gasteiger partial charge in [0, 0.05) is 23.2 Å². The predicted octanol–water partition coefficient (Wildman–Crippen LogP) is 4.47. The Kier molecular flexibility index (Phi) is 4.51. The summed E-state index contributed by atoms with van der Waals surface area (Å²) in [6.07, 6.45) is 0. The van der Waals surface area contributed by atoms with E-state index >= 15 is 0 Å². The third-order valence-electron chi connectivity index (χ3n) is 2.98. The second-order valence-corrected chi connectivity index (χ2v) is 4.83. The number of halogens is 3. The molecular formula is C15H14ClF2N. The van der Waals surface area contributed by atoms with Crippen molar-refractivity contribution in [3.05, 3.63) is 70.2 Å². The molecule has 1 N–H and O–H groups in total. The van der Waals surface area contributed by atoms with E-state index in [0.29, 0.717) is 17.1 Å². The van der Waals surface area contributed by atoms with Gasteiger partial charge >= 0.3 is 0 Å². The van der Waals surface area contributed by atoms with E-state index in [4.69, 9.17) is 11.6 Å². The van der Waals surface area contributed by atoms with Crippen LogP contribution in [0.15, 0.2) is 42.5 Å². The lowest BCUT2D eigenvalue weighted by Crippen LogP contribution is -2.18. The van der Waals surface area contributed by atoms with Crippen LogP contribution in [0.4, 0.5) is 8.78 Å². The first kappa shape index (κ1) is 14.0. The first-order valence-electron chi connectivity index (χ1n) is 5.99. The van der Waals surface area contributed by atoms with Crippen LogP contribution in [0.1, 0.15) is 24.1 Å². The van der Waals surface area contributed by atoms with Gasteiger partial charge in [-0.3, -0.25) is 0 Å². The van der Waals surface area contributed by atoms with Gasteiger partial charge in [-0.1, -0.05) is 29.8 Å². The molecule has 2 rings (SSSR count). The van der Waals surface area contributed by atoms with E-state index in [2.05, 4.69) is 5.32 Å². The molecule has 0 saturated carbocycles. The Morgan fingerprint density at radius 2 is 1.79 bits per heavy atom. The Bertz CT molecular complexity index is 555. The van der Waals surface area contributed by atoms with E-state index < -0.39 is 0 Å². The van der Waals surface area contributed by atoms with E-state index in [1.54, 1.807) is 24.3 Å². The van der Waals surface area contributed by atoms with Crippen LogP contribution < -0.4 is 5.32 Å². The molecule has 4 heteroatoms. The lowest BCUT2D eigenvalue weighted by molar-refractivity contribution is 0.543. The third kappa shape index (κ3) is 3.75. The second kappa shape index (κ2) is 6.13. The maximum Gasteiger partial charge on any atom is 0.129 e. The first-order chi connectivity index (χ1) is 9.06. The van der Waals surface area contributed by atoms with Crippen molar-refractivity contribution in [3.8, 4) is 0 Å². The highest BCUT2D eigenvalue weighted by molar-refractivity contribution is 6.30. The Labute approximate surface area is 116 Å². The minimum absolute atomic E-state index is 0.00989. The third-order valence-corrected chi connectivity index (χ3v) is 3.22. The second-order valence-electron chi connectivity index (χ2n) is 4.39. The lowest BCUT2D eigenvalue weighted by atomic mass is 10.1. The molecule has 0 unspecified atom stereocenters. The molecule has 0 aromatic heterocycles. The number of rotatable bonds is 4. The van der Waals surface area contributed by atoms with Gasteiger partial charge in [0.25, 0.3) is 0 Å². The Morgan fingerprint density at radius 1 is 1.11 bits per heavy atom. The SMILES string of the molecule is C[C@H](NCc1ccc(Cl)cc1F)c1ccc(F)cc1. The Morgan fingerprint density at radius 3 is 2.42 bits per heavy atom. The van der Waals surface area contributed by atoms with Gasteiger partial charge in [-0.05, 0) is 36.8 Å². The van der Waals surface area contributed by atoms with Gasteiger partial charge in [0.1, 0.15) is 11.6 Å². The van der Waals surface area contributed by atoms with E-state index in [-0.39, 0.29) is 17.7 Å². The number of hydrogen-bond acceptors (Lipinski definition) is 1. The number of nitrogens with one attached hydrogen (secondary N) is 1. The van der Waals surface area contributed by atoms with Gasteiger partial charge in [0.15, 0.2) is 0 Å². The van der Waals surface area contributed by atoms with E-state index in [1.807, 2.05) is 6.92 Å². The van der Waals surface area contributed by atoms with Gasteiger partial charge in [0.2, 0.25) is 0 Å². The summed E-state index contributed by atoms with van der Waals surface area (Å²) in [7, 11) is 0. The molecule has 0 fully saturated rings. The minimum Gasteiger partial charge on any atom is -0.306 e. The lowest BCUT2D eigenvalue weighted by Gasteiger charge is -2.14. The maximum atomic E-state index is 13.6. The van der Waals surface area contributed by atoms with Crippen LogP contribution in [0.2, 0.25) is 5.02 Å². The fraction of sp³-hybridized carbons (Fsp3) is 0.200. The normalized spacial score (nSPS) is 12.4. The Balaban J connectivity index is 2.00. The van der Waals surface area contributed by atoms with Crippen LogP contribution in [0.25, 0.3) is 0 Å². The highest BCUT2D eigenvalue weighted by atomic mass is 35.5. The molecular weight excluding hydrogens is 268 g/mol. The number of hydrogen-bond donors (Lipinski definition) is 1. The molecule has 0 radical (unpaired) electrons. The van der Waals surface area contributed by atoms with Crippen molar-refractivity contribution in [2.45, 2.75) is 19.5 Å². The summed E-state index contributed by atoms with van der Waals surface area (Å²) in [4.78, 5) is 0. The van der Waals surface area contributed by atoms with Gasteiger partial charge < -0.3 is 5.32 Å². The highest BCUT2D eigenvalue weighted by Crippen LogP contribution is 2.17. The van der Waals surface area contributed by atoms with Crippen molar-refractivity contribution in [1.29, 1.82) is 0 Å². The van der Waals surface area contributed by atoms with E-state index in [9.17, 15) is 8.78 Å². The summed E-state index contributed by atoms with van der Waals surface area (Å²) in [5.74, 6) is -0.592. The molecule has 0 saturated heterocycles. The molecule has 100 valence electrons. The van der Waals surface area contributed by atoms with E-state index in [1.165, 1.54) is 18.2 Å². The largest absolute Gasteiger partial charge is 0.306 e. The van der Waals surface area contributed by atoms with Crippen molar-refractivity contribution in [3.63, 3.8) is 0 Å². The zero-order chi connectivity index (χ0) is 13.8. The van der Waals surface area contributed by atoms with Crippen LogP contribution in [0.5, 0.6) is 0 Å². The molecule has 1 nitrogen and oxygen atoms in total. The summed E-state index contributed by atoms with van der Waals surface area (Å²) in [6, 6.07) is 10.9. The summed E-state index contributed by atoms with van der Waals surface area (Å²) >= 11 is 5.69. The molecule has 0 amide bonds. The number of benzene rings is 2. The monoisotopic (exact) mass is 281 g/mol. The molecule has 0 aliphatic carbocycles. The summed E-state index contributed by atoms with van der Waals surface area (Å²) in [6.45, 7) is 2.34. The molecule has 0 spiro atoms. The topological polar surface area (TPSA) is 12.0 Å². The van der Waals surface area contributed by atoms with Crippen molar-refractivity contribution >= 4 is 11.6 Å². The smallest absolute Gasteiger partial charge is 0.129 e. The summed E-state index contributed by atoms with van der Waals surface area (Å²) in [5.41, 5.74) is 1.51. The van der Waals surface area contributed by atoms with Gasteiger partial charge in [0.05, 0.1) is 0 Å². The van der Waals surface area contributed by atoms with Gasteiger partial charge in [-0.2, -0.15) is 0 Å². The molecule has 0 aliphatic heterocycles. The fourth-order valence-electron chi connectivity index (χ4n) is 1.80. The van der Waals surface area contributed by atoms with Crippen LogP contribution in [0.3, 0.4) is 0 Å². The Hall–Kier alpha value is -1.45. The van der Waals surface area contributed by atoms with Crippen LogP contribution in [0, 0.1) is 11.6 Å².